The molecule has 0 spiro atoms. The van der Waals surface area contributed by atoms with Crippen molar-refractivity contribution in [2.24, 2.45) is 7.05 Å². The van der Waals surface area contributed by atoms with Gasteiger partial charge < -0.3 is 9.80 Å². The van der Waals surface area contributed by atoms with E-state index in [2.05, 4.69) is 10.1 Å². The van der Waals surface area contributed by atoms with Gasteiger partial charge in [0, 0.05) is 32.5 Å². The Morgan fingerprint density at radius 2 is 1.63 bits per heavy atom. The van der Waals surface area contributed by atoms with Crippen molar-refractivity contribution in [3.63, 3.8) is 0 Å². The Bertz CT molecular complexity index is 988. The van der Waals surface area contributed by atoms with E-state index in [4.69, 9.17) is 0 Å². The molecule has 2 aromatic rings. The van der Waals surface area contributed by atoms with Gasteiger partial charge in [-0.2, -0.15) is 5.10 Å². The Morgan fingerprint density at radius 1 is 1.00 bits per heavy atom. The second kappa shape index (κ2) is 6.45. The number of hydrogen-bond donors (Lipinski definition) is 0. The van der Waals surface area contributed by atoms with Gasteiger partial charge in [-0.25, -0.2) is 8.42 Å². The summed E-state index contributed by atoms with van der Waals surface area (Å²) in [5.74, 6) is -0.926. The van der Waals surface area contributed by atoms with E-state index in [9.17, 15) is 18.0 Å². The van der Waals surface area contributed by atoms with Gasteiger partial charge in [-0.05, 0) is 18.2 Å². The van der Waals surface area contributed by atoms with Crippen LogP contribution < -0.4 is 0 Å². The van der Waals surface area contributed by atoms with E-state index in [1.165, 1.54) is 10.9 Å². The van der Waals surface area contributed by atoms with Gasteiger partial charge in [0.05, 0.1) is 23.6 Å². The number of carbonyl (C=O) groups excluding carboxylic acids is 2. The zero-order valence-corrected chi connectivity index (χ0v) is 15.5. The number of aromatic nitrogens is 3. The number of aryl methyl sites for hydroxylation is 1. The first-order valence-corrected chi connectivity index (χ1v) is 10.4. The van der Waals surface area contributed by atoms with Crippen molar-refractivity contribution >= 4 is 21.7 Å². The number of carbonyl (C=O) groups is 2. The molecule has 0 radical (unpaired) electrons. The number of piperazine rings is 1. The van der Waals surface area contributed by atoms with Crippen molar-refractivity contribution < 1.29 is 18.0 Å². The summed E-state index contributed by atoms with van der Waals surface area (Å²) in [7, 11) is -1.64. The smallest absolute Gasteiger partial charge is 0.274 e. The third-order valence-electron chi connectivity index (χ3n) is 5.01. The Balaban J connectivity index is 1.63. The van der Waals surface area contributed by atoms with Gasteiger partial charge in [-0.1, -0.05) is 6.07 Å². The van der Waals surface area contributed by atoms with Crippen LogP contribution in [0.3, 0.4) is 0 Å². The van der Waals surface area contributed by atoms with Gasteiger partial charge in [0.15, 0.2) is 9.84 Å². The molecular formula is C17H19N5O4S. The molecule has 0 aromatic carbocycles. The zero-order valence-electron chi connectivity index (χ0n) is 14.7. The highest BCUT2D eigenvalue weighted by Crippen LogP contribution is 2.29. The SMILES string of the molecule is Cn1ccc(C(=O)N2CCN(C(=O)c3ccccn3)[C@@H]3CS(=O)(=O)C[C@@H]32)n1. The van der Waals surface area contributed by atoms with Crippen LogP contribution in [0.5, 0.6) is 0 Å². The minimum absolute atomic E-state index is 0.151. The lowest BCUT2D eigenvalue weighted by atomic mass is 10.0. The second-order valence-corrected chi connectivity index (χ2v) is 8.95. The summed E-state index contributed by atoms with van der Waals surface area (Å²) in [6.07, 6.45) is 3.19. The monoisotopic (exact) mass is 389 g/mol. The first-order valence-electron chi connectivity index (χ1n) is 8.59. The van der Waals surface area contributed by atoms with Crippen LogP contribution in [0.25, 0.3) is 0 Å². The first-order chi connectivity index (χ1) is 12.9. The third-order valence-corrected chi connectivity index (χ3v) is 6.71. The molecule has 9 nitrogen and oxygen atoms in total. The number of fused-ring (bicyclic) bond motifs is 1. The van der Waals surface area contributed by atoms with Crippen molar-refractivity contribution in [1.82, 2.24) is 24.6 Å². The lowest BCUT2D eigenvalue weighted by molar-refractivity contribution is 0.0274. The van der Waals surface area contributed by atoms with E-state index in [1.54, 1.807) is 47.3 Å². The summed E-state index contributed by atoms with van der Waals surface area (Å²) < 4.78 is 26.1. The van der Waals surface area contributed by atoms with Crippen molar-refractivity contribution in [2.75, 3.05) is 24.6 Å². The standard InChI is InChI=1S/C17H19N5O4S/c1-20-7-5-13(19-20)17(24)22-9-8-21(14-10-27(25,26)11-15(14)22)16(23)12-4-2-3-6-18-12/h2-7,14-15H,8-11H2,1H3/t14-,15+/m1/s1. The molecule has 142 valence electrons. The molecule has 2 saturated heterocycles. The molecule has 0 aliphatic carbocycles. The van der Waals surface area contributed by atoms with Gasteiger partial charge in [-0.3, -0.25) is 19.3 Å². The number of nitrogens with zero attached hydrogens (tertiary/aromatic N) is 5. The summed E-state index contributed by atoms with van der Waals surface area (Å²) in [4.78, 5) is 32.9. The molecule has 4 heterocycles. The van der Waals surface area contributed by atoms with E-state index in [0.29, 0.717) is 0 Å². The number of sulfone groups is 1. The van der Waals surface area contributed by atoms with Gasteiger partial charge in [-0.15, -0.1) is 0 Å². The minimum atomic E-state index is -3.35. The quantitative estimate of drug-likeness (QED) is 0.691. The largest absolute Gasteiger partial charge is 0.329 e. The molecule has 0 saturated carbocycles. The molecule has 2 fully saturated rings. The molecule has 2 aliphatic heterocycles. The average Bonchev–Trinajstić information content (AvgIpc) is 3.22. The molecule has 0 N–H and O–H groups in total. The van der Waals surface area contributed by atoms with Crippen molar-refractivity contribution in [1.29, 1.82) is 0 Å². The van der Waals surface area contributed by atoms with Crippen LogP contribution in [0, 0.1) is 0 Å². The van der Waals surface area contributed by atoms with E-state index in [0.717, 1.165) is 0 Å². The number of hydrogen-bond acceptors (Lipinski definition) is 6. The summed E-state index contributed by atoms with van der Waals surface area (Å²) in [5, 5.41) is 4.12. The Morgan fingerprint density at radius 3 is 2.15 bits per heavy atom. The molecule has 2 atom stereocenters. The van der Waals surface area contributed by atoms with Crippen molar-refractivity contribution in [3.8, 4) is 0 Å². The summed E-state index contributed by atoms with van der Waals surface area (Å²) in [5.41, 5.74) is 0.537. The Kier molecular flexibility index (Phi) is 4.22. The predicted molar refractivity (Wildman–Crippen MR) is 95.7 cm³/mol. The topological polar surface area (TPSA) is 105 Å². The summed E-state index contributed by atoms with van der Waals surface area (Å²) in [6.45, 7) is 0.509. The minimum Gasteiger partial charge on any atom is -0.329 e. The number of pyridine rings is 1. The molecule has 2 aromatic heterocycles. The normalized spacial score (nSPS) is 23.9. The van der Waals surface area contributed by atoms with Crippen LogP contribution in [-0.2, 0) is 16.9 Å². The van der Waals surface area contributed by atoms with Crippen molar-refractivity contribution in [2.45, 2.75) is 12.1 Å². The Hall–Kier alpha value is -2.75. The van der Waals surface area contributed by atoms with Crippen molar-refractivity contribution in [3.05, 3.63) is 48.0 Å². The maximum absolute atomic E-state index is 12.9. The summed E-state index contributed by atoms with van der Waals surface area (Å²) in [6, 6.07) is 5.47. The van der Waals surface area contributed by atoms with E-state index >= 15 is 0 Å². The van der Waals surface area contributed by atoms with Crippen LogP contribution >= 0.6 is 0 Å². The lowest BCUT2D eigenvalue weighted by Crippen LogP contribution is -2.62. The molecule has 0 unspecified atom stereocenters. The van der Waals surface area contributed by atoms with E-state index in [-0.39, 0.29) is 47.8 Å². The predicted octanol–water partition coefficient (Wildman–Crippen LogP) is -0.421. The first kappa shape index (κ1) is 17.7. The van der Waals surface area contributed by atoms with E-state index in [1.807, 2.05) is 0 Å². The highest BCUT2D eigenvalue weighted by atomic mass is 32.2. The maximum Gasteiger partial charge on any atom is 0.274 e. The number of rotatable bonds is 2. The fraction of sp³-hybridized carbons (Fsp3) is 0.412. The van der Waals surface area contributed by atoms with Crippen LogP contribution in [-0.4, -0.2) is 81.5 Å². The van der Waals surface area contributed by atoms with E-state index < -0.39 is 21.9 Å². The highest BCUT2D eigenvalue weighted by molar-refractivity contribution is 7.91. The molecule has 4 rings (SSSR count). The Labute approximate surface area is 156 Å². The van der Waals surface area contributed by atoms with Gasteiger partial charge in [0.1, 0.15) is 11.4 Å². The summed E-state index contributed by atoms with van der Waals surface area (Å²) >= 11 is 0. The van der Waals surface area contributed by atoms with Crippen LogP contribution in [0.1, 0.15) is 21.0 Å². The van der Waals surface area contributed by atoms with Gasteiger partial charge in [0.2, 0.25) is 0 Å². The van der Waals surface area contributed by atoms with Gasteiger partial charge in [0.25, 0.3) is 11.8 Å². The fourth-order valence-corrected chi connectivity index (χ4v) is 5.75. The third kappa shape index (κ3) is 3.20. The average molecular weight is 389 g/mol. The zero-order chi connectivity index (χ0) is 19.2. The van der Waals surface area contributed by atoms with Crippen LogP contribution in [0.2, 0.25) is 0 Å². The van der Waals surface area contributed by atoms with Gasteiger partial charge >= 0.3 is 0 Å². The molecule has 10 heteroatoms. The molecule has 0 bridgehead atoms. The van der Waals surface area contributed by atoms with Crippen LogP contribution in [0.4, 0.5) is 0 Å². The molecular weight excluding hydrogens is 370 g/mol. The molecule has 2 aliphatic rings. The molecule has 2 amide bonds. The maximum atomic E-state index is 12.9. The highest BCUT2D eigenvalue weighted by Gasteiger charge is 2.50. The van der Waals surface area contributed by atoms with Crippen LogP contribution in [0.15, 0.2) is 36.7 Å². The molecule has 27 heavy (non-hydrogen) atoms. The fourth-order valence-electron chi connectivity index (χ4n) is 3.77. The number of amides is 2. The second-order valence-electron chi connectivity index (χ2n) is 6.80. The lowest BCUT2D eigenvalue weighted by Gasteiger charge is -2.43.